The molecule has 0 aromatic carbocycles. The lowest BCUT2D eigenvalue weighted by Gasteiger charge is -2.28. The Labute approximate surface area is 99.4 Å². The van der Waals surface area contributed by atoms with Gasteiger partial charge in [-0.3, -0.25) is 4.68 Å². The summed E-state index contributed by atoms with van der Waals surface area (Å²) in [6, 6.07) is 0. The minimum absolute atomic E-state index is 0.592. The van der Waals surface area contributed by atoms with Crippen molar-refractivity contribution < 1.29 is 0 Å². The van der Waals surface area contributed by atoms with E-state index in [-0.39, 0.29) is 0 Å². The highest BCUT2D eigenvalue weighted by atomic mass is 79.9. The van der Waals surface area contributed by atoms with Crippen molar-refractivity contribution in [3.05, 3.63) is 16.4 Å². The van der Waals surface area contributed by atoms with E-state index >= 15 is 0 Å². The van der Waals surface area contributed by atoms with Gasteiger partial charge < -0.3 is 5.32 Å². The van der Waals surface area contributed by atoms with Crippen LogP contribution in [0.1, 0.15) is 31.4 Å². The third-order valence-electron chi connectivity index (χ3n) is 3.46. The minimum Gasteiger partial charge on any atom is -0.317 e. The van der Waals surface area contributed by atoms with Crippen molar-refractivity contribution in [3.63, 3.8) is 0 Å². The first-order valence-electron chi connectivity index (χ1n) is 5.58. The molecule has 0 amide bonds. The second-order valence-corrected chi connectivity index (χ2v) is 5.23. The molecule has 1 N–H and O–H groups in total. The zero-order chi connectivity index (χ0) is 10.8. The number of hydrogen-bond acceptors (Lipinski definition) is 2. The standard InChI is InChI=1S/C11H18BrN3/c1-8(9-3-5-13-6-4-9)11-10(12)7-14-15(11)2/h7-9,13H,3-6H2,1-2H3. The number of hydrogen-bond donors (Lipinski definition) is 1. The van der Waals surface area contributed by atoms with Crippen molar-refractivity contribution in [1.29, 1.82) is 0 Å². The Morgan fingerprint density at radius 2 is 2.20 bits per heavy atom. The smallest absolute Gasteiger partial charge is 0.0635 e. The molecule has 1 fully saturated rings. The van der Waals surface area contributed by atoms with Gasteiger partial charge in [-0.05, 0) is 47.8 Å². The number of aromatic nitrogens is 2. The Hall–Kier alpha value is -0.350. The summed E-state index contributed by atoms with van der Waals surface area (Å²) in [6.45, 7) is 4.63. The van der Waals surface area contributed by atoms with E-state index < -0.39 is 0 Å². The quantitative estimate of drug-likeness (QED) is 0.895. The van der Waals surface area contributed by atoms with Gasteiger partial charge in [0.2, 0.25) is 0 Å². The molecule has 2 heterocycles. The summed E-state index contributed by atoms with van der Waals surface area (Å²) >= 11 is 3.59. The van der Waals surface area contributed by atoms with Crippen LogP contribution in [0.2, 0.25) is 0 Å². The first-order valence-corrected chi connectivity index (χ1v) is 6.37. The summed E-state index contributed by atoms with van der Waals surface area (Å²) in [5.41, 5.74) is 1.34. The number of nitrogens with one attached hydrogen (secondary N) is 1. The second-order valence-electron chi connectivity index (χ2n) is 4.38. The predicted octanol–water partition coefficient (Wildman–Crippen LogP) is 2.29. The van der Waals surface area contributed by atoms with Gasteiger partial charge in [0, 0.05) is 13.0 Å². The largest absolute Gasteiger partial charge is 0.317 e. The molecule has 1 aromatic heterocycles. The first kappa shape index (κ1) is 11.1. The minimum atomic E-state index is 0.592. The molecule has 0 bridgehead atoms. The summed E-state index contributed by atoms with van der Waals surface area (Å²) in [5, 5.41) is 7.70. The van der Waals surface area contributed by atoms with E-state index in [1.165, 1.54) is 18.5 Å². The van der Waals surface area contributed by atoms with Crippen LogP contribution in [0.3, 0.4) is 0 Å². The molecular formula is C11H18BrN3. The molecule has 0 spiro atoms. The van der Waals surface area contributed by atoms with Gasteiger partial charge in [-0.1, -0.05) is 6.92 Å². The van der Waals surface area contributed by atoms with Crippen LogP contribution < -0.4 is 5.32 Å². The van der Waals surface area contributed by atoms with Crippen LogP contribution in [0.25, 0.3) is 0 Å². The molecule has 0 saturated carbocycles. The molecule has 0 radical (unpaired) electrons. The molecule has 4 heteroatoms. The van der Waals surface area contributed by atoms with Crippen molar-refractivity contribution in [1.82, 2.24) is 15.1 Å². The molecule has 0 aliphatic carbocycles. The van der Waals surface area contributed by atoms with Gasteiger partial charge in [-0.2, -0.15) is 5.10 Å². The molecule has 3 nitrogen and oxygen atoms in total. The molecule has 1 aliphatic heterocycles. The van der Waals surface area contributed by atoms with Crippen molar-refractivity contribution >= 4 is 15.9 Å². The Morgan fingerprint density at radius 3 is 2.73 bits per heavy atom. The lowest BCUT2D eigenvalue weighted by Crippen LogP contribution is -2.30. The van der Waals surface area contributed by atoms with Gasteiger partial charge in [0.15, 0.2) is 0 Å². The van der Waals surface area contributed by atoms with Crippen LogP contribution in [0.15, 0.2) is 10.7 Å². The molecule has 1 saturated heterocycles. The molecule has 2 rings (SSSR count). The van der Waals surface area contributed by atoms with Crippen molar-refractivity contribution in [3.8, 4) is 0 Å². The van der Waals surface area contributed by atoms with Crippen molar-refractivity contribution in [2.75, 3.05) is 13.1 Å². The predicted molar refractivity (Wildman–Crippen MR) is 64.9 cm³/mol. The first-order chi connectivity index (χ1) is 7.20. The van der Waals surface area contributed by atoms with Crippen LogP contribution in [0, 0.1) is 5.92 Å². The maximum Gasteiger partial charge on any atom is 0.0635 e. The van der Waals surface area contributed by atoms with Gasteiger partial charge in [-0.25, -0.2) is 0 Å². The summed E-state index contributed by atoms with van der Waals surface area (Å²) < 4.78 is 3.15. The summed E-state index contributed by atoms with van der Waals surface area (Å²) in [7, 11) is 2.03. The lowest BCUT2D eigenvalue weighted by atomic mass is 9.84. The topological polar surface area (TPSA) is 29.9 Å². The van der Waals surface area contributed by atoms with Crippen LogP contribution in [-0.4, -0.2) is 22.9 Å². The Bertz CT molecular complexity index is 309. The fourth-order valence-corrected chi connectivity index (χ4v) is 3.21. The molecular weight excluding hydrogens is 254 g/mol. The summed E-state index contributed by atoms with van der Waals surface area (Å²) in [5.74, 6) is 1.38. The molecule has 1 aromatic rings. The monoisotopic (exact) mass is 271 g/mol. The fraction of sp³-hybridized carbons (Fsp3) is 0.727. The SMILES string of the molecule is CC(c1c(Br)cnn1C)C1CCNCC1. The van der Waals surface area contributed by atoms with E-state index in [9.17, 15) is 0 Å². The van der Waals surface area contributed by atoms with Gasteiger partial charge in [0.1, 0.15) is 0 Å². The Morgan fingerprint density at radius 1 is 1.53 bits per heavy atom. The molecule has 84 valence electrons. The highest BCUT2D eigenvalue weighted by Gasteiger charge is 2.24. The Kier molecular flexibility index (Phi) is 3.46. The second kappa shape index (κ2) is 4.66. The number of aryl methyl sites for hydroxylation is 1. The van der Waals surface area contributed by atoms with Crippen LogP contribution in [-0.2, 0) is 7.05 Å². The summed E-state index contributed by atoms with van der Waals surface area (Å²) in [4.78, 5) is 0. The van der Waals surface area contributed by atoms with Crippen LogP contribution in [0.5, 0.6) is 0 Å². The van der Waals surface area contributed by atoms with E-state index in [4.69, 9.17) is 0 Å². The van der Waals surface area contributed by atoms with Crippen molar-refractivity contribution in [2.24, 2.45) is 13.0 Å². The molecule has 15 heavy (non-hydrogen) atoms. The number of nitrogens with zero attached hydrogens (tertiary/aromatic N) is 2. The van der Waals surface area contributed by atoms with E-state index in [1.807, 2.05) is 17.9 Å². The third-order valence-corrected chi connectivity index (χ3v) is 4.07. The van der Waals surface area contributed by atoms with Gasteiger partial charge in [0.25, 0.3) is 0 Å². The van der Waals surface area contributed by atoms with Crippen LogP contribution >= 0.6 is 15.9 Å². The zero-order valence-electron chi connectivity index (χ0n) is 9.33. The van der Waals surface area contributed by atoms with E-state index in [0.717, 1.165) is 23.5 Å². The normalized spacial score (nSPS) is 20.5. The highest BCUT2D eigenvalue weighted by Crippen LogP contribution is 2.33. The summed E-state index contributed by atoms with van der Waals surface area (Å²) in [6.07, 6.45) is 4.45. The van der Waals surface area contributed by atoms with Gasteiger partial charge in [-0.15, -0.1) is 0 Å². The molecule has 1 atom stereocenters. The number of rotatable bonds is 2. The van der Waals surface area contributed by atoms with Crippen LogP contribution in [0.4, 0.5) is 0 Å². The zero-order valence-corrected chi connectivity index (χ0v) is 10.9. The van der Waals surface area contributed by atoms with Gasteiger partial charge >= 0.3 is 0 Å². The van der Waals surface area contributed by atoms with Crippen molar-refractivity contribution in [2.45, 2.75) is 25.7 Å². The maximum atomic E-state index is 4.29. The van der Waals surface area contributed by atoms with E-state index in [1.54, 1.807) is 0 Å². The highest BCUT2D eigenvalue weighted by molar-refractivity contribution is 9.10. The van der Waals surface area contributed by atoms with E-state index in [2.05, 4.69) is 33.3 Å². The molecule has 1 unspecified atom stereocenters. The number of piperidine rings is 1. The number of halogens is 1. The maximum absolute atomic E-state index is 4.29. The fourth-order valence-electron chi connectivity index (χ4n) is 2.50. The Balaban J connectivity index is 2.15. The molecule has 1 aliphatic rings. The lowest BCUT2D eigenvalue weighted by molar-refractivity contribution is 0.321. The third kappa shape index (κ3) is 2.26. The van der Waals surface area contributed by atoms with E-state index in [0.29, 0.717) is 5.92 Å². The average Bonchev–Trinajstić information content (AvgIpc) is 2.59. The van der Waals surface area contributed by atoms with Gasteiger partial charge in [0.05, 0.1) is 16.4 Å². The average molecular weight is 272 g/mol.